The average Bonchev–Trinajstić information content (AvgIpc) is 1.95. The summed E-state index contributed by atoms with van der Waals surface area (Å²) in [6.45, 7) is 0. The van der Waals surface area contributed by atoms with Crippen LogP contribution in [0.15, 0.2) is 18.2 Å². The standard InChI is InChI=1S/C6H5F3N2/c7-4-1-2-6(10-11-9)5(8)3-4/h1-3,10-11H. The summed E-state index contributed by atoms with van der Waals surface area (Å²) in [4.78, 5) is 0. The van der Waals surface area contributed by atoms with Crippen LogP contribution in [0.5, 0.6) is 0 Å². The highest BCUT2D eigenvalue weighted by molar-refractivity contribution is 5.43. The van der Waals surface area contributed by atoms with E-state index in [1.54, 1.807) is 0 Å². The first-order valence-electron chi connectivity index (χ1n) is 2.80. The molecule has 0 bridgehead atoms. The Morgan fingerprint density at radius 2 is 1.91 bits per heavy atom. The van der Waals surface area contributed by atoms with Crippen LogP contribution < -0.4 is 11.1 Å². The van der Waals surface area contributed by atoms with Gasteiger partial charge in [0, 0.05) is 6.07 Å². The quantitative estimate of drug-likeness (QED) is 0.511. The third-order valence-electron chi connectivity index (χ3n) is 1.11. The van der Waals surface area contributed by atoms with Crippen LogP contribution >= 0.6 is 0 Å². The highest BCUT2D eigenvalue weighted by Gasteiger charge is 2.01. The summed E-state index contributed by atoms with van der Waals surface area (Å²) in [5.74, 6) is -1.55. The summed E-state index contributed by atoms with van der Waals surface area (Å²) in [5, 5.41) is 0. The van der Waals surface area contributed by atoms with E-state index in [1.807, 2.05) is 5.43 Å². The van der Waals surface area contributed by atoms with Crippen LogP contribution in [0.3, 0.4) is 0 Å². The maximum absolute atomic E-state index is 12.5. The molecule has 0 saturated carbocycles. The first kappa shape index (κ1) is 7.87. The Labute approximate surface area is 60.9 Å². The van der Waals surface area contributed by atoms with E-state index in [2.05, 4.69) is 0 Å². The Hall–Kier alpha value is -1.23. The Kier molecular flexibility index (Phi) is 2.32. The van der Waals surface area contributed by atoms with Crippen LogP contribution in [0.4, 0.5) is 18.9 Å². The number of rotatable bonds is 2. The molecule has 2 nitrogen and oxygen atoms in total. The zero-order valence-corrected chi connectivity index (χ0v) is 5.37. The normalized spacial score (nSPS) is 9.73. The third kappa shape index (κ3) is 1.84. The molecule has 0 unspecified atom stereocenters. The fourth-order valence-electron chi connectivity index (χ4n) is 0.642. The fraction of sp³-hybridized carbons (Fsp3) is 0. The van der Waals surface area contributed by atoms with Gasteiger partial charge in [-0.05, 0) is 12.1 Å². The topological polar surface area (TPSA) is 24.1 Å². The van der Waals surface area contributed by atoms with Crippen LogP contribution in [0.2, 0.25) is 0 Å². The maximum atomic E-state index is 12.5. The molecule has 0 heterocycles. The SMILES string of the molecule is FNNc1ccc(F)cc1F. The molecule has 0 aliphatic carbocycles. The molecule has 0 radical (unpaired) electrons. The Morgan fingerprint density at radius 1 is 1.18 bits per heavy atom. The van der Waals surface area contributed by atoms with E-state index < -0.39 is 11.6 Å². The zero-order valence-electron chi connectivity index (χ0n) is 5.37. The van der Waals surface area contributed by atoms with Gasteiger partial charge < -0.3 is 0 Å². The third-order valence-corrected chi connectivity index (χ3v) is 1.11. The molecule has 1 aromatic rings. The number of nitrogens with one attached hydrogen (secondary N) is 2. The minimum absolute atomic E-state index is 0.145. The van der Waals surface area contributed by atoms with Crippen molar-refractivity contribution < 1.29 is 13.3 Å². The summed E-state index contributed by atoms with van der Waals surface area (Å²) in [7, 11) is 0. The molecule has 0 amide bonds. The molecule has 0 aliphatic heterocycles. The van der Waals surface area contributed by atoms with E-state index in [9.17, 15) is 13.3 Å². The maximum Gasteiger partial charge on any atom is 0.150 e. The van der Waals surface area contributed by atoms with E-state index in [1.165, 1.54) is 0 Å². The van der Waals surface area contributed by atoms with Crippen LogP contribution in [0, 0.1) is 11.6 Å². The molecule has 0 fully saturated rings. The van der Waals surface area contributed by atoms with E-state index >= 15 is 0 Å². The molecule has 0 aliphatic rings. The molecule has 1 aromatic carbocycles. The van der Waals surface area contributed by atoms with Crippen LogP contribution in [0.1, 0.15) is 0 Å². The molecule has 0 aromatic heterocycles. The molecular formula is C6H5F3N2. The summed E-state index contributed by atoms with van der Waals surface area (Å²) in [6, 6.07) is 2.75. The second-order valence-electron chi connectivity index (χ2n) is 1.84. The van der Waals surface area contributed by atoms with Gasteiger partial charge in [-0.2, -0.15) is 0 Å². The van der Waals surface area contributed by atoms with Crippen LogP contribution in [0.25, 0.3) is 0 Å². The smallest absolute Gasteiger partial charge is 0.150 e. The van der Waals surface area contributed by atoms with Crippen molar-refractivity contribution in [2.24, 2.45) is 0 Å². The van der Waals surface area contributed by atoms with Crippen molar-refractivity contribution in [3.05, 3.63) is 29.8 Å². The van der Waals surface area contributed by atoms with Crippen LogP contribution in [-0.4, -0.2) is 0 Å². The molecule has 0 spiro atoms. The van der Waals surface area contributed by atoms with Crippen molar-refractivity contribution in [3.63, 3.8) is 0 Å². The lowest BCUT2D eigenvalue weighted by atomic mass is 10.3. The molecule has 60 valence electrons. The number of hydrogen-bond acceptors (Lipinski definition) is 2. The van der Waals surface area contributed by atoms with E-state index in [4.69, 9.17) is 0 Å². The highest BCUT2D eigenvalue weighted by Crippen LogP contribution is 2.13. The number of hydrazine groups is 1. The highest BCUT2D eigenvalue weighted by atomic mass is 19.2. The Balaban J connectivity index is 2.90. The summed E-state index contributed by atoms with van der Waals surface area (Å²) in [5.41, 5.74) is 2.73. The minimum Gasteiger partial charge on any atom is -0.292 e. The largest absolute Gasteiger partial charge is 0.292 e. The van der Waals surface area contributed by atoms with E-state index in [-0.39, 0.29) is 5.69 Å². The van der Waals surface area contributed by atoms with Gasteiger partial charge in [0.25, 0.3) is 0 Å². The summed E-state index contributed by atoms with van der Waals surface area (Å²) >= 11 is 0. The van der Waals surface area contributed by atoms with E-state index in [0.717, 1.165) is 17.8 Å². The molecule has 1 rings (SSSR count). The Bertz CT molecular complexity index is 252. The molecular weight excluding hydrogens is 157 g/mol. The predicted molar refractivity (Wildman–Crippen MR) is 34.2 cm³/mol. The van der Waals surface area contributed by atoms with Gasteiger partial charge in [0.15, 0.2) is 5.82 Å². The van der Waals surface area contributed by atoms with Gasteiger partial charge >= 0.3 is 0 Å². The lowest BCUT2D eigenvalue weighted by molar-refractivity contribution is 0.374. The zero-order chi connectivity index (χ0) is 8.27. The lowest BCUT2D eigenvalue weighted by Crippen LogP contribution is -2.11. The van der Waals surface area contributed by atoms with Crippen LogP contribution in [-0.2, 0) is 0 Å². The number of benzene rings is 1. The van der Waals surface area contributed by atoms with Gasteiger partial charge in [-0.1, -0.05) is 5.65 Å². The van der Waals surface area contributed by atoms with Gasteiger partial charge in [-0.3, -0.25) is 5.43 Å². The molecule has 0 saturated heterocycles. The first-order valence-corrected chi connectivity index (χ1v) is 2.80. The second kappa shape index (κ2) is 3.25. The second-order valence-corrected chi connectivity index (χ2v) is 1.84. The minimum atomic E-state index is -0.852. The first-order chi connectivity index (χ1) is 5.24. The fourth-order valence-corrected chi connectivity index (χ4v) is 0.642. The van der Waals surface area contributed by atoms with Crippen molar-refractivity contribution in [2.75, 3.05) is 5.43 Å². The van der Waals surface area contributed by atoms with Gasteiger partial charge in [-0.25, -0.2) is 8.78 Å². The number of anilines is 1. The summed E-state index contributed by atoms with van der Waals surface area (Å²) in [6.07, 6.45) is 0. The van der Waals surface area contributed by atoms with Gasteiger partial charge in [0.1, 0.15) is 5.82 Å². The van der Waals surface area contributed by atoms with Crippen molar-refractivity contribution in [2.45, 2.75) is 0 Å². The predicted octanol–water partition coefficient (Wildman–Crippen LogP) is 1.77. The van der Waals surface area contributed by atoms with Gasteiger partial charge in [-0.15, -0.1) is 4.48 Å². The number of halogens is 3. The van der Waals surface area contributed by atoms with Crippen molar-refractivity contribution >= 4 is 5.69 Å². The lowest BCUT2D eigenvalue weighted by Gasteiger charge is -2.01. The molecule has 0 atom stereocenters. The molecule has 2 N–H and O–H groups in total. The van der Waals surface area contributed by atoms with Crippen molar-refractivity contribution in [1.82, 2.24) is 5.65 Å². The van der Waals surface area contributed by atoms with Crippen molar-refractivity contribution in [3.8, 4) is 0 Å². The van der Waals surface area contributed by atoms with Gasteiger partial charge in [0.05, 0.1) is 5.69 Å². The average molecular weight is 162 g/mol. The van der Waals surface area contributed by atoms with E-state index in [0.29, 0.717) is 6.07 Å². The van der Waals surface area contributed by atoms with Crippen molar-refractivity contribution in [1.29, 1.82) is 0 Å². The summed E-state index contributed by atoms with van der Waals surface area (Å²) < 4.78 is 36.1. The molecule has 5 heteroatoms. The molecule has 11 heavy (non-hydrogen) atoms. The Morgan fingerprint density at radius 3 is 2.45 bits per heavy atom. The van der Waals surface area contributed by atoms with Gasteiger partial charge in [0.2, 0.25) is 0 Å². The number of hydrogen-bond donors (Lipinski definition) is 2. The monoisotopic (exact) mass is 162 g/mol.